The number of allylic oxidation sites excluding steroid dienone is 1. The molecular formula is C21H32O4. The summed E-state index contributed by atoms with van der Waals surface area (Å²) < 4.78 is 0. The van der Waals surface area contributed by atoms with Crippen LogP contribution < -0.4 is 0 Å². The first-order valence-corrected chi connectivity index (χ1v) is 10.0. The Hall–Kier alpha value is -0.710. The Labute approximate surface area is 150 Å². The molecule has 3 N–H and O–H groups in total. The van der Waals surface area contributed by atoms with Gasteiger partial charge < -0.3 is 15.3 Å². The van der Waals surface area contributed by atoms with E-state index in [-0.39, 0.29) is 11.5 Å². The zero-order valence-electron chi connectivity index (χ0n) is 15.5. The van der Waals surface area contributed by atoms with Gasteiger partial charge in [-0.1, -0.05) is 25.5 Å². The fourth-order valence-electron chi connectivity index (χ4n) is 7.25. The molecule has 3 fully saturated rings. The summed E-state index contributed by atoms with van der Waals surface area (Å²) in [6, 6.07) is 0. The minimum Gasteiger partial charge on any atom is -0.393 e. The highest BCUT2D eigenvalue weighted by atomic mass is 16.3. The van der Waals surface area contributed by atoms with E-state index in [0.29, 0.717) is 24.2 Å². The predicted octanol–water partition coefficient (Wildman–Crippen LogP) is 2.60. The van der Waals surface area contributed by atoms with Crippen LogP contribution in [-0.4, -0.2) is 39.4 Å². The average molecular weight is 348 g/mol. The summed E-state index contributed by atoms with van der Waals surface area (Å²) in [6.07, 6.45) is 9.17. The minimum absolute atomic E-state index is 0.172. The van der Waals surface area contributed by atoms with Crippen LogP contribution >= 0.6 is 0 Å². The maximum Gasteiger partial charge on any atom is 0.190 e. The number of Topliss-reactive ketones (excluding diaryl/α,β-unsaturated/α-hetero) is 1. The van der Waals surface area contributed by atoms with Crippen molar-refractivity contribution in [3.8, 4) is 0 Å². The van der Waals surface area contributed by atoms with Crippen molar-refractivity contribution in [2.75, 3.05) is 6.61 Å². The second-order valence-electron chi connectivity index (χ2n) is 9.59. The van der Waals surface area contributed by atoms with Crippen LogP contribution in [0.5, 0.6) is 0 Å². The Balaban J connectivity index is 1.68. The summed E-state index contributed by atoms with van der Waals surface area (Å²) in [5.74, 6) is 1.04. The summed E-state index contributed by atoms with van der Waals surface area (Å²) in [6.45, 7) is 3.90. The van der Waals surface area contributed by atoms with Crippen LogP contribution in [0.25, 0.3) is 0 Å². The largest absolute Gasteiger partial charge is 0.393 e. The van der Waals surface area contributed by atoms with Crippen molar-refractivity contribution in [2.24, 2.45) is 28.6 Å². The van der Waals surface area contributed by atoms with Gasteiger partial charge in [0.1, 0.15) is 12.2 Å². The Morgan fingerprint density at radius 3 is 2.60 bits per heavy atom. The summed E-state index contributed by atoms with van der Waals surface area (Å²) in [4.78, 5) is 12.3. The van der Waals surface area contributed by atoms with Crippen LogP contribution in [0.15, 0.2) is 11.6 Å². The lowest BCUT2D eigenvalue weighted by Crippen LogP contribution is -2.58. The molecular weight excluding hydrogens is 316 g/mol. The van der Waals surface area contributed by atoms with Crippen LogP contribution in [0.2, 0.25) is 0 Å². The summed E-state index contributed by atoms with van der Waals surface area (Å²) in [5.41, 5.74) is -0.157. The molecule has 4 aliphatic rings. The maximum absolute atomic E-state index is 12.3. The van der Waals surface area contributed by atoms with Gasteiger partial charge in [-0.2, -0.15) is 0 Å². The van der Waals surface area contributed by atoms with Gasteiger partial charge in [-0.3, -0.25) is 4.79 Å². The molecule has 0 aliphatic heterocycles. The SMILES string of the molecule is C[C@]12CC[C@H](O)CC1=CC[C@H]1[C@H]3CC[C@](O)(C(=O)CO)[C@@]3(C)CC[C@@H]12. The molecule has 25 heavy (non-hydrogen) atoms. The number of aliphatic hydroxyl groups is 3. The molecule has 0 radical (unpaired) electrons. The molecule has 0 aromatic carbocycles. The average Bonchev–Trinajstić information content (AvgIpc) is 2.87. The van der Waals surface area contributed by atoms with Crippen molar-refractivity contribution in [1.82, 2.24) is 0 Å². The number of carbonyl (C=O) groups is 1. The predicted molar refractivity (Wildman–Crippen MR) is 94.8 cm³/mol. The molecule has 140 valence electrons. The van der Waals surface area contributed by atoms with E-state index >= 15 is 0 Å². The molecule has 0 heterocycles. The molecule has 0 saturated heterocycles. The molecule has 4 aliphatic carbocycles. The third kappa shape index (κ3) is 2.20. The lowest BCUT2D eigenvalue weighted by Gasteiger charge is -2.58. The summed E-state index contributed by atoms with van der Waals surface area (Å²) >= 11 is 0. The smallest absolute Gasteiger partial charge is 0.190 e. The molecule has 3 saturated carbocycles. The van der Waals surface area contributed by atoms with Crippen LogP contribution in [0.3, 0.4) is 0 Å². The first-order valence-electron chi connectivity index (χ1n) is 10.0. The quantitative estimate of drug-likeness (QED) is 0.670. The number of hydrogen-bond donors (Lipinski definition) is 3. The van der Waals surface area contributed by atoms with Gasteiger partial charge in [0.15, 0.2) is 5.78 Å². The Kier molecular flexibility index (Phi) is 3.99. The fourth-order valence-corrected chi connectivity index (χ4v) is 7.25. The van der Waals surface area contributed by atoms with Gasteiger partial charge in [-0.25, -0.2) is 0 Å². The molecule has 0 aromatic rings. The number of aliphatic hydroxyl groups excluding tert-OH is 2. The Morgan fingerprint density at radius 2 is 1.88 bits per heavy atom. The van der Waals surface area contributed by atoms with E-state index in [1.165, 1.54) is 5.57 Å². The number of hydrogen-bond acceptors (Lipinski definition) is 4. The Bertz CT molecular complexity index is 613. The van der Waals surface area contributed by atoms with Gasteiger partial charge in [-0.15, -0.1) is 0 Å². The molecule has 7 atom stereocenters. The summed E-state index contributed by atoms with van der Waals surface area (Å²) in [7, 11) is 0. The first-order chi connectivity index (χ1) is 11.8. The van der Waals surface area contributed by atoms with Crippen LogP contribution in [0.4, 0.5) is 0 Å². The van der Waals surface area contributed by atoms with Crippen LogP contribution in [0, 0.1) is 28.6 Å². The van der Waals surface area contributed by atoms with Gasteiger partial charge in [0, 0.05) is 5.41 Å². The van der Waals surface area contributed by atoms with Crippen molar-refractivity contribution < 1.29 is 20.1 Å². The minimum atomic E-state index is -1.36. The number of fused-ring (bicyclic) bond motifs is 5. The van der Waals surface area contributed by atoms with Crippen molar-refractivity contribution in [3.05, 3.63) is 11.6 Å². The molecule has 4 rings (SSSR count). The third-order valence-electron chi connectivity index (χ3n) is 8.83. The molecule has 0 aromatic heterocycles. The van der Waals surface area contributed by atoms with E-state index in [1.54, 1.807) is 0 Å². The normalized spacial score (nSPS) is 52.0. The van der Waals surface area contributed by atoms with Crippen molar-refractivity contribution >= 4 is 5.78 Å². The fraction of sp³-hybridized carbons (Fsp3) is 0.857. The number of ketones is 1. The van der Waals surface area contributed by atoms with Crippen molar-refractivity contribution in [2.45, 2.75) is 76.9 Å². The number of carbonyl (C=O) groups excluding carboxylic acids is 1. The monoisotopic (exact) mass is 348 g/mol. The van der Waals surface area contributed by atoms with Gasteiger partial charge in [-0.05, 0) is 74.5 Å². The highest BCUT2D eigenvalue weighted by Gasteiger charge is 2.65. The topological polar surface area (TPSA) is 77.8 Å². The van der Waals surface area contributed by atoms with E-state index in [2.05, 4.69) is 19.9 Å². The molecule has 0 unspecified atom stereocenters. The van der Waals surface area contributed by atoms with E-state index in [0.717, 1.165) is 44.9 Å². The molecule has 0 bridgehead atoms. The highest BCUT2D eigenvalue weighted by Crippen LogP contribution is 2.67. The second-order valence-corrected chi connectivity index (χ2v) is 9.59. The standard InChI is InChI=1S/C21H32O4/c1-19-8-5-14(23)11-13(19)3-4-15-16(19)6-9-20(2)17(15)7-10-21(20,25)18(24)12-22/h3,14-17,22-23,25H,4-12H2,1-2H3/t14-,15+,16-,17+,19-,20-,21-/m0/s1. The lowest BCUT2D eigenvalue weighted by atomic mass is 9.46. The molecule has 4 nitrogen and oxygen atoms in total. The van der Waals surface area contributed by atoms with Crippen LogP contribution in [-0.2, 0) is 4.79 Å². The van der Waals surface area contributed by atoms with Crippen molar-refractivity contribution in [3.63, 3.8) is 0 Å². The molecule has 4 heteroatoms. The van der Waals surface area contributed by atoms with E-state index in [9.17, 15) is 20.1 Å². The number of rotatable bonds is 2. The Morgan fingerprint density at radius 1 is 1.16 bits per heavy atom. The zero-order chi connectivity index (χ0) is 18.0. The van der Waals surface area contributed by atoms with Gasteiger partial charge in [0.25, 0.3) is 0 Å². The van der Waals surface area contributed by atoms with Gasteiger partial charge >= 0.3 is 0 Å². The van der Waals surface area contributed by atoms with E-state index < -0.39 is 23.4 Å². The van der Waals surface area contributed by atoms with Crippen LogP contribution in [0.1, 0.15) is 65.2 Å². The molecule has 0 amide bonds. The van der Waals surface area contributed by atoms with Gasteiger partial charge in [0.05, 0.1) is 6.10 Å². The van der Waals surface area contributed by atoms with Gasteiger partial charge in [0.2, 0.25) is 0 Å². The van der Waals surface area contributed by atoms with Crippen molar-refractivity contribution in [1.29, 1.82) is 0 Å². The highest BCUT2D eigenvalue weighted by molar-refractivity contribution is 5.89. The molecule has 0 spiro atoms. The van der Waals surface area contributed by atoms with E-state index in [4.69, 9.17) is 0 Å². The second kappa shape index (κ2) is 5.64. The lowest BCUT2D eigenvalue weighted by molar-refractivity contribution is -0.163. The summed E-state index contributed by atoms with van der Waals surface area (Å²) in [5, 5.41) is 30.6. The third-order valence-corrected chi connectivity index (χ3v) is 8.83. The zero-order valence-corrected chi connectivity index (χ0v) is 15.5. The maximum atomic E-state index is 12.3. The van der Waals surface area contributed by atoms with E-state index in [1.807, 2.05) is 0 Å². The first kappa shape index (κ1) is 17.7.